The van der Waals surface area contributed by atoms with Crippen LogP contribution in [0.3, 0.4) is 0 Å². The van der Waals surface area contributed by atoms with Gasteiger partial charge in [-0.25, -0.2) is 4.79 Å². The minimum absolute atomic E-state index is 0.0000147. The number of ether oxygens (including phenoxy) is 1. The summed E-state index contributed by atoms with van der Waals surface area (Å²) in [6.45, 7) is 2.26. The molecule has 168 valence electrons. The predicted octanol–water partition coefficient (Wildman–Crippen LogP) is 2.86. The molecule has 2 aromatic heterocycles. The zero-order valence-corrected chi connectivity index (χ0v) is 18.6. The van der Waals surface area contributed by atoms with Gasteiger partial charge in [0.25, 0.3) is 5.56 Å². The minimum Gasteiger partial charge on any atom is -0.497 e. The van der Waals surface area contributed by atoms with Crippen LogP contribution in [0.4, 0.5) is 5.69 Å². The molecule has 0 spiro atoms. The van der Waals surface area contributed by atoms with Crippen LogP contribution in [-0.2, 0) is 18.4 Å². The predicted molar refractivity (Wildman–Crippen MR) is 123 cm³/mol. The van der Waals surface area contributed by atoms with Crippen molar-refractivity contribution in [2.24, 2.45) is 18.9 Å². The molecule has 2 heterocycles. The van der Waals surface area contributed by atoms with Crippen molar-refractivity contribution in [1.29, 1.82) is 0 Å². The third-order valence-electron chi connectivity index (χ3n) is 6.40. The lowest BCUT2D eigenvalue weighted by atomic mass is 9.81. The van der Waals surface area contributed by atoms with Crippen molar-refractivity contribution in [2.75, 3.05) is 12.4 Å². The number of aryl methyl sites for hydroxylation is 2. The SMILES string of the molecule is COc1ccc2c(c1)c(=O)n(CC1CCC(C(=O)Nc3ccc(C)nc3)CC1)c(=O)n2C. The molecule has 32 heavy (non-hydrogen) atoms. The maximum Gasteiger partial charge on any atom is 0.331 e. The lowest BCUT2D eigenvalue weighted by molar-refractivity contribution is -0.121. The summed E-state index contributed by atoms with van der Waals surface area (Å²) >= 11 is 0. The van der Waals surface area contributed by atoms with Crippen molar-refractivity contribution in [3.05, 3.63) is 63.1 Å². The average molecular weight is 437 g/mol. The number of nitrogens with one attached hydrogen (secondary N) is 1. The molecule has 1 amide bonds. The fraction of sp³-hybridized carbons (Fsp3) is 0.417. The minimum atomic E-state index is -0.320. The van der Waals surface area contributed by atoms with Gasteiger partial charge in [-0.3, -0.25) is 23.7 Å². The third kappa shape index (κ3) is 4.30. The molecule has 4 rings (SSSR count). The van der Waals surface area contributed by atoms with Gasteiger partial charge in [-0.05, 0) is 68.9 Å². The van der Waals surface area contributed by atoms with Gasteiger partial charge < -0.3 is 10.1 Å². The zero-order valence-electron chi connectivity index (χ0n) is 18.6. The van der Waals surface area contributed by atoms with Crippen molar-refractivity contribution in [3.63, 3.8) is 0 Å². The molecular weight excluding hydrogens is 408 g/mol. The summed E-state index contributed by atoms with van der Waals surface area (Å²) < 4.78 is 8.07. The number of nitrogens with zero attached hydrogens (tertiary/aromatic N) is 3. The fourth-order valence-corrected chi connectivity index (χ4v) is 4.43. The summed E-state index contributed by atoms with van der Waals surface area (Å²) in [6, 6.07) is 8.86. The number of pyridine rings is 1. The molecule has 1 fully saturated rings. The number of amides is 1. The Morgan fingerprint density at radius 2 is 1.91 bits per heavy atom. The standard InChI is InChI=1S/C24H28N4O4/c1-15-4-9-18(13-25-15)26-22(29)17-7-5-16(6-8-17)14-28-23(30)20-12-19(32-3)10-11-21(20)27(2)24(28)31/h4,9-13,16-17H,5-8,14H2,1-3H3,(H,26,29). The van der Waals surface area contributed by atoms with Crippen molar-refractivity contribution in [3.8, 4) is 5.75 Å². The van der Waals surface area contributed by atoms with Gasteiger partial charge in [-0.1, -0.05) is 0 Å². The largest absolute Gasteiger partial charge is 0.497 e. The molecule has 0 atom stereocenters. The Labute approximate surface area is 185 Å². The van der Waals surface area contributed by atoms with Crippen LogP contribution < -0.4 is 21.3 Å². The first kappa shape index (κ1) is 21.8. The van der Waals surface area contributed by atoms with Crippen molar-refractivity contribution >= 4 is 22.5 Å². The summed E-state index contributed by atoms with van der Waals surface area (Å²) in [5, 5.41) is 3.40. The maximum absolute atomic E-state index is 13.1. The van der Waals surface area contributed by atoms with Gasteiger partial charge in [0.15, 0.2) is 0 Å². The maximum atomic E-state index is 13.1. The number of benzene rings is 1. The van der Waals surface area contributed by atoms with Crippen LogP contribution in [0.25, 0.3) is 10.9 Å². The van der Waals surface area contributed by atoms with Crippen LogP contribution in [0.2, 0.25) is 0 Å². The molecule has 1 aromatic carbocycles. The van der Waals surface area contributed by atoms with E-state index >= 15 is 0 Å². The van der Waals surface area contributed by atoms with E-state index in [0.29, 0.717) is 28.9 Å². The molecule has 8 nitrogen and oxygen atoms in total. The summed E-state index contributed by atoms with van der Waals surface area (Å²) in [6.07, 6.45) is 4.69. The molecule has 1 N–H and O–H groups in total. The van der Waals surface area contributed by atoms with E-state index in [-0.39, 0.29) is 29.0 Å². The monoisotopic (exact) mass is 436 g/mol. The highest BCUT2D eigenvalue weighted by Gasteiger charge is 2.27. The molecule has 0 bridgehead atoms. The highest BCUT2D eigenvalue weighted by Crippen LogP contribution is 2.30. The van der Waals surface area contributed by atoms with E-state index in [1.165, 1.54) is 9.13 Å². The van der Waals surface area contributed by atoms with E-state index in [2.05, 4.69) is 10.3 Å². The number of anilines is 1. The molecule has 0 unspecified atom stereocenters. The Bertz CT molecular complexity index is 1250. The second-order valence-corrected chi connectivity index (χ2v) is 8.54. The van der Waals surface area contributed by atoms with Gasteiger partial charge in [-0.15, -0.1) is 0 Å². The molecule has 8 heteroatoms. The van der Waals surface area contributed by atoms with Crippen molar-refractivity contribution < 1.29 is 9.53 Å². The number of methoxy groups -OCH3 is 1. The Kier molecular flexibility index (Phi) is 6.12. The van der Waals surface area contributed by atoms with E-state index in [9.17, 15) is 14.4 Å². The molecule has 1 saturated carbocycles. The molecule has 0 radical (unpaired) electrons. The van der Waals surface area contributed by atoms with Gasteiger partial charge in [0, 0.05) is 25.2 Å². The Morgan fingerprint density at radius 1 is 1.16 bits per heavy atom. The van der Waals surface area contributed by atoms with Gasteiger partial charge in [-0.2, -0.15) is 0 Å². The Morgan fingerprint density at radius 3 is 2.56 bits per heavy atom. The van der Waals surface area contributed by atoms with E-state index in [0.717, 1.165) is 31.4 Å². The molecular formula is C24H28N4O4. The fourth-order valence-electron chi connectivity index (χ4n) is 4.43. The van der Waals surface area contributed by atoms with Crippen molar-refractivity contribution in [2.45, 2.75) is 39.2 Å². The summed E-state index contributed by atoms with van der Waals surface area (Å²) in [4.78, 5) is 42.7. The van der Waals surface area contributed by atoms with E-state index in [1.54, 1.807) is 38.6 Å². The van der Waals surface area contributed by atoms with Crippen LogP contribution in [0, 0.1) is 18.8 Å². The molecule has 0 saturated heterocycles. The second-order valence-electron chi connectivity index (χ2n) is 8.54. The first-order valence-corrected chi connectivity index (χ1v) is 10.9. The topological polar surface area (TPSA) is 95.2 Å². The first-order valence-electron chi connectivity index (χ1n) is 10.9. The number of rotatable bonds is 5. The van der Waals surface area contributed by atoms with Crippen LogP contribution in [-0.4, -0.2) is 27.1 Å². The van der Waals surface area contributed by atoms with Gasteiger partial charge in [0.05, 0.1) is 29.9 Å². The first-order chi connectivity index (χ1) is 15.4. The number of fused-ring (bicyclic) bond motifs is 1. The summed E-state index contributed by atoms with van der Waals surface area (Å²) in [7, 11) is 3.22. The molecule has 1 aliphatic carbocycles. The molecule has 0 aliphatic heterocycles. The average Bonchev–Trinajstić information content (AvgIpc) is 2.81. The molecule has 1 aliphatic rings. The number of carbonyl (C=O) groups is 1. The van der Waals surface area contributed by atoms with Crippen LogP contribution in [0.1, 0.15) is 31.4 Å². The zero-order chi connectivity index (χ0) is 22.8. The van der Waals surface area contributed by atoms with Crippen LogP contribution in [0.5, 0.6) is 5.75 Å². The second kappa shape index (κ2) is 8.98. The Hall–Kier alpha value is -3.42. The highest BCUT2D eigenvalue weighted by molar-refractivity contribution is 5.92. The van der Waals surface area contributed by atoms with Crippen molar-refractivity contribution in [1.82, 2.24) is 14.1 Å². The third-order valence-corrected chi connectivity index (χ3v) is 6.40. The smallest absolute Gasteiger partial charge is 0.331 e. The Balaban J connectivity index is 1.46. The number of carbonyl (C=O) groups excluding carboxylic acids is 1. The van der Waals surface area contributed by atoms with Crippen LogP contribution >= 0.6 is 0 Å². The summed E-state index contributed by atoms with van der Waals surface area (Å²) in [5.74, 6) is 0.677. The van der Waals surface area contributed by atoms with E-state index < -0.39 is 0 Å². The number of aromatic nitrogens is 3. The van der Waals surface area contributed by atoms with E-state index in [4.69, 9.17) is 4.74 Å². The van der Waals surface area contributed by atoms with Gasteiger partial charge in [0.2, 0.25) is 5.91 Å². The number of hydrogen-bond acceptors (Lipinski definition) is 5. The van der Waals surface area contributed by atoms with Gasteiger partial charge >= 0.3 is 5.69 Å². The molecule has 3 aromatic rings. The van der Waals surface area contributed by atoms with E-state index in [1.807, 2.05) is 19.1 Å². The van der Waals surface area contributed by atoms with Gasteiger partial charge in [0.1, 0.15) is 5.75 Å². The highest BCUT2D eigenvalue weighted by atomic mass is 16.5. The number of hydrogen-bond donors (Lipinski definition) is 1. The summed E-state index contributed by atoms with van der Waals surface area (Å²) in [5.41, 5.74) is 1.57. The van der Waals surface area contributed by atoms with Crippen LogP contribution in [0.15, 0.2) is 46.1 Å². The lowest BCUT2D eigenvalue weighted by Crippen LogP contribution is -2.41. The quantitative estimate of drug-likeness (QED) is 0.664. The lowest BCUT2D eigenvalue weighted by Gasteiger charge is -2.28. The normalized spacial score (nSPS) is 18.5.